The number of carbonyl (C=O) groups is 1. The molecule has 0 spiro atoms. The molecule has 1 aromatic heterocycles. The minimum absolute atomic E-state index is 0.117. The molecule has 0 aliphatic heterocycles. The molecule has 0 radical (unpaired) electrons. The van der Waals surface area contributed by atoms with E-state index in [1.54, 1.807) is 11.8 Å². The number of pyridine rings is 1. The number of nitrogens with one attached hydrogen (secondary N) is 1. The molecule has 0 fully saturated rings. The van der Waals surface area contributed by atoms with E-state index in [0.29, 0.717) is 6.54 Å². The fraction of sp³-hybridized carbons (Fsp3) is 0.333. The van der Waals surface area contributed by atoms with E-state index in [1.165, 1.54) is 18.2 Å². The van der Waals surface area contributed by atoms with Crippen LogP contribution in [0.15, 0.2) is 18.2 Å². The van der Waals surface area contributed by atoms with Crippen LogP contribution in [0, 0.1) is 5.95 Å². The van der Waals surface area contributed by atoms with Gasteiger partial charge in [0.15, 0.2) is 0 Å². The summed E-state index contributed by atoms with van der Waals surface area (Å²) in [7, 11) is 0. The second-order valence-corrected chi connectivity index (χ2v) is 3.58. The number of thioether (sulfide) groups is 1. The maximum Gasteiger partial charge on any atom is 0.270 e. The van der Waals surface area contributed by atoms with Gasteiger partial charge in [-0.25, -0.2) is 4.98 Å². The molecular weight excluding hydrogens is 203 g/mol. The van der Waals surface area contributed by atoms with Gasteiger partial charge in [0.25, 0.3) is 5.91 Å². The molecule has 0 unspecified atom stereocenters. The highest BCUT2D eigenvalue weighted by molar-refractivity contribution is 7.98. The van der Waals surface area contributed by atoms with Gasteiger partial charge in [-0.3, -0.25) is 4.79 Å². The van der Waals surface area contributed by atoms with Crippen LogP contribution >= 0.6 is 11.8 Å². The average Bonchev–Trinajstić information content (AvgIpc) is 2.18. The van der Waals surface area contributed by atoms with Crippen molar-refractivity contribution in [3.05, 3.63) is 29.8 Å². The molecule has 1 rings (SSSR count). The molecule has 5 heteroatoms. The second kappa shape index (κ2) is 5.59. The molecule has 0 bridgehead atoms. The van der Waals surface area contributed by atoms with Gasteiger partial charge >= 0.3 is 0 Å². The second-order valence-electron chi connectivity index (χ2n) is 2.59. The van der Waals surface area contributed by atoms with E-state index in [4.69, 9.17) is 0 Å². The highest BCUT2D eigenvalue weighted by Crippen LogP contribution is 1.97. The van der Waals surface area contributed by atoms with Crippen molar-refractivity contribution < 1.29 is 9.18 Å². The van der Waals surface area contributed by atoms with Crippen LogP contribution in [-0.2, 0) is 0 Å². The van der Waals surface area contributed by atoms with E-state index in [1.807, 2.05) is 6.26 Å². The van der Waals surface area contributed by atoms with E-state index in [-0.39, 0.29) is 11.6 Å². The minimum Gasteiger partial charge on any atom is -0.350 e. The van der Waals surface area contributed by atoms with Crippen LogP contribution in [0.2, 0.25) is 0 Å². The maximum atomic E-state index is 12.6. The van der Waals surface area contributed by atoms with Gasteiger partial charge in [0.1, 0.15) is 5.69 Å². The van der Waals surface area contributed by atoms with Crippen molar-refractivity contribution in [2.45, 2.75) is 0 Å². The lowest BCUT2D eigenvalue weighted by Gasteiger charge is -2.02. The van der Waals surface area contributed by atoms with Crippen LogP contribution in [0.3, 0.4) is 0 Å². The molecule has 1 heterocycles. The Balaban J connectivity index is 2.52. The first-order chi connectivity index (χ1) is 6.74. The summed E-state index contributed by atoms with van der Waals surface area (Å²) in [5, 5.41) is 2.64. The molecule has 3 nitrogen and oxygen atoms in total. The number of hydrogen-bond acceptors (Lipinski definition) is 3. The Bertz CT molecular complexity index is 319. The molecule has 0 saturated heterocycles. The first-order valence-electron chi connectivity index (χ1n) is 4.13. The summed E-state index contributed by atoms with van der Waals surface area (Å²) in [6.07, 6.45) is 1.95. The number of carbonyl (C=O) groups excluding carboxylic acids is 1. The van der Waals surface area contributed by atoms with Crippen molar-refractivity contribution in [3.63, 3.8) is 0 Å². The Morgan fingerprint density at radius 2 is 2.43 bits per heavy atom. The summed E-state index contributed by atoms with van der Waals surface area (Å²) in [6, 6.07) is 4.15. The number of nitrogens with zero attached hydrogens (tertiary/aromatic N) is 1. The maximum absolute atomic E-state index is 12.6. The van der Waals surface area contributed by atoms with Crippen LogP contribution < -0.4 is 5.32 Å². The van der Waals surface area contributed by atoms with Gasteiger partial charge in [-0.15, -0.1) is 0 Å². The molecule has 0 aliphatic carbocycles. The minimum atomic E-state index is -0.637. The topological polar surface area (TPSA) is 42.0 Å². The predicted octanol–water partition coefficient (Wildman–Crippen LogP) is 1.31. The first kappa shape index (κ1) is 11.0. The molecule has 1 amide bonds. The third-order valence-electron chi connectivity index (χ3n) is 1.54. The van der Waals surface area contributed by atoms with Crippen LogP contribution in [0.4, 0.5) is 4.39 Å². The number of hydrogen-bond donors (Lipinski definition) is 1. The van der Waals surface area contributed by atoms with Crippen molar-refractivity contribution in [2.75, 3.05) is 18.6 Å². The molecule has 0 aliphatic rings. The van der Waals surface area contributed by atoms with Crippen LogP contribution in [0.5, 0.6) is 0 Å². The standard InChI is InChI=1S/C9H11FN2OS/c1-14-6-5-11-9(13)7-3-2-4-8(10)12-7/h2-4H,5-6H2,1H3,(H,11,13). The van der Waals surface area contributed by atoms with Crippen molar-refractivity contribution in [1.29, 1.82) is 0 Å². The largest absolute Gasteiger partial charge is 0.350 e. The van der Waals surface area contributed by atoms with Crippen LogP contribution in [-0.4, -0.2) is 29.4 Å². The molecule has 14 heavy (non-hydrogen) atoms. The lowest BCUT2D eigenvalue weighted by Crippen LogP contribution is -2.26. The highest BCUT2D eigenvalue weighted by Gasteiger charge is 2.06. The van der Waals surface area contributed by atoms with Crippen LogP contribution in [0.25, 0.3) is 0 Å². The van der Waals surface area contributed by atoms with Gasteiger partial charge in [0.05, 0.1) is 0 Å². The third-order valence-corrected chi connectivity index (χ3v) is 2.15. The number of amides is 1. The van der Waals surface area contributed by atoms with Crippen molar-refractivity contribution in [3.8, 4) is 0 Å². The number of aromatic nitrogens is 1. The van der Waals surface area contributed by atoms with Gasteiger partial charge in [-0.05, 0) is 18.4 Å². The van der Waals surface area contributed by atoms with E-state index in [2.05, 4.69) is 10.3 Å². The Morgan fingerprint density at radius 1 is 1.64 bits per heavy atom. The molecule has 1 aromatic rings. The summed E-state index contributed by atoms with van der Waals surface area (Å²) in [5.74, 6) is -0.137. The Kier molecular flexibility index (Phi) is 4.39. The highest BCUT2D eigenvalue weighted by atomic mass is 32.2. The number of rotatable bonds is 4. The number of halogens is 1. The molecule has 0 aromatic carbocycles. The van der Waals surface area contributed by atoms with Gasteiger partial charge in [0.2, 0.25) is 5.95 Å². The smallest absolute Gasteiger partial charge is 0.270 e. The van der Waals surface area contributed by atoms with Gasteiger partial charge < -0.3 is 5.32 Å². The quantitative estimate of drug-likeness (QED) is 0.607. The van der Waals surface area contributed by atoms with E-state index in [9.17, 15) is 9.18 Å². The fourth-order valence-electron chi connectivity index (χ4n) is 0.892. The van der Waals surface area contributed by atoms with E-state index < -0.39 is 5.95 Å². The van der Waals surface area contributed by atoms with Crippen molar-refractivity contribution in [1.82, 2.24) is 10.3 Å². The zero-order valence-electron chi connectivity index (χ0n) is 7.79. The van der Waals surface area contributed by atoms with E-state index in [0.717, 1.165) is 5.75 Å². The van der Waals surface area contributed by atoms with Crippen molar-refractivity contribution in [2.24, 2.45) is 0 Å². The monoisotopic (exact) mass is 214 g/mol. The van der Waals surface area contributed by atoms with Crippen molar-refractivity contribution >= 4 is 17.7 Å². The SMILES string of the molecule is CSCCNC(=O)c1cccc(F)n1. The summed E-state index contributed by atoms with van der Waals surface area (Å²) in [6.45, 7) is 0.568. The van der Waals surface area contributed by atoms with E-state index >= 15 is 0 Å². The molecule has 0 atom stereocenters. The van der Waals surface area contributed by atoms with Gasteiger partial charge in [-0.2, -0.15) is 16.2 Å². The first-order valence-corrected chi connectivity index (χ1v) is 5.53. The lowest BCUT2D eigenvalue weighted by atomic mass is 10.3. The average molecular weight is 214 g/mol. The zero-order valence-corrected chi connectivity index (χ0v) is 8.60. The molecule has 1 N–H and O–H groups in total. The summed E-state index contributed by atoms with van der Waals surface area (Å²) in [5.41, 5.74) is 0.117. The molecule has 76 valence electrons. The molecule has 0 saturated carbocycles. The predicted molar refractivity (Wildman–Crippen MR) is 54.9 cm³/mol. The molecular formula is C9H11FN2OS. The van der Waals surface area contributed by atoms with Gasteiger partial charge in [0, 0.05) is 12.3 Å². The van der Waals surface area contributed by atoms with Gasteiger partial charge in [-0.1, -0.05) is 6.07 Å². The zero-order chi connectivity index (χ0) is 10.4. The Hall–Kier alpha value is -1.10. The Morgan fingerprint density at radius 3 is 3.07 bits per heavy atom. The lowest BCUT2D eigenvalue weighted by molar-refractivity contribution is 0.0950. The summed E-state index contributed by atoms with van der Waals surface area (Å²) >= 11 is 1.63. The normalized spacial score (nSPS) is 9.86. The summed E-state index contributed by atoms with van der Waals surface area (Å²) < 4.78 is 12.6. The summed E-state index contributed by atoms with van der Waals surface area (Å²) in [4.78, 5) is 14.8. The Labute approximate surface area is 86.1 Å². The third kappa shape index (κ3) is 3.33. The fourth-order valence-corrected chi connectivity index (χ4v) is 1.20. The van der Waals surface area contributed by atoms with Crippen LogP contribution in [0.1, 0.15) is 10.5 Å².